The van der Waals surface area contributed by atoms with E-state index in [4.69, 9.17) is 0 Å². The molecule has 0 saturated carbocycles. The monoisotopic (exact) mass is 203 g/mol. The van der Waals surface area contributed by atoms with Crippen molar-refractivity contribution in [3.8, 4) is 0 Å². The lowest BCUT2D eigenvalue weighted by molar-refractivity contribution is 0.534. The van der Waals surface area contributed by atoms with Crippen LogP contribution in [0.3, 0.4) is 0 Å². The molecular weight excluding hydrogens is 182 g/mol. The molecule has 0 amide bonds. The highest BCUT2D eigenvalue weighted by atomic mass is 14.9. The predicted octanol–water partition coefficient (Wildman–Crippen LogP) is 3.90. The standard InChI is InChI=1S/C14H21N/c1-5-14(15-12(4)11(2)3)13-9-7-6-8-10-13/h6-11,14-15H,4-5H2,1-3H3. The van der Waals surface area contributed by atoms with E-state index in [1.165, 1.54) is 5.56 Å². The Morgan fingerprint density at radius 2 is 1.87 bits per heavy atom. The second kappa shape index (κ2) is 5.59. The third-order valence-corrected chi connectivity index (χ3v) is 2.67. The summed E-state index contributed by atoms with van der Waals surface area (Å²) in [7, 11) is 0. The Morgan fingerprint density at radius 3 is 2.33 bits per heavy atom. The van der Waals surface area contributed by atoms with Crippen molar-refractivity contribution in [2.24, 2.45) is 5.92 Å². The molecule has 1 nitrogen and oxygen atoms in total. The molecule has 0 aliphatic heterocycles. The number of nitrogens with one attached hydrogen (secondary N) is 1. The van der Waals surface area contributed by atoms with E-state index in [-0.39, 0.29) is 0 Å². The van der Waals surface area contributed by atoms with E-state index in [1.807, 2.05) is 6.07 Å². The van der Waals surface area contributed by atoms with Gasteiger partial charge in [-0.05, 0) is 17.9 Å². The Hall–Kier alpha value is -1.24. The van der Waals surface area contributed by atoms with Crippen LogP contribution in [0.5, 0.6) is 0 Å². The van der Waals surface area contributed by atoms with Gasteiger partial charge in [0.05, 0.1) is 6.04 Å². The Kier molecular flexibility index (Phi) is 4.41. The maximum atomic E-state index is 4.06. The molecule has 15 heavy (non-hydrogen) atoms. The number of allylic oxidation sites excluding steroid dienone is 1. The van der Waals surface area contributed by atoms with Gasteiger partial charge in [-0.25, -0.2) is 0 Å². The van der Waals surface area contributed by atoms with Crippen molar-refractivity contribution in [3.05, 3.63) is 48.2 Å². The lowest BCUT2D eigenvalue weighted by Crippen LogP contribution is -2.22. The molecule has 82 valence electrons. The molecular formula is C14H21N. The van der Waals surface area contributed by atoms with E-state index >= 15 is 0 Å². The number of benzene rings is 1. The van der Waals surface area contributed by atoms with E-state index in [2.05, 4.69) is 56.9 Å². The van der Waals surface area contributed by atoms with Gasteiger partial charge in [-0.1, -0.05) is 57.7 Å². The molecule has 1 unspecified atom stereocenters. The van der Waals surface area contributed by atoms with Gasteiger partial charge in [-0.3, -0.25) is 0 Å². The summed E-state index contributed by atoms with van der Waals surface area (Å²) in [5.41, 5.74) is 2.45. The van der Waals surface area contributed by atoms with Crippen LogP contribution in [0.4, 0.5) is 0 Å². The SMILES string of the molecule is C=C(NC(CC)c1ccccc1)C(C)C. The highest BCUT2D eigenvalue weighted by Gasteiger charge is 2.10. The van der Waals surface area contributed by atoms with Crippen molar-refractivity contribution in [3.63, 3.8) is 0 Å². The first kappa shape index (κ1) is 11.8. The molecule has 1 atom stereocenters. The number of rotatable bonds is 5. The molecule has 0 aromatic heterocycles. The minimum atomic E-state index is 0.390. The summed E-state index contributed by atoms with van der Waals surface area (Å²) in [6.45, 7) is 10.6. The minimum absolute atomic E-state index is 0.390. The zero-order valence-corrected chi connectivity index (χ0v) is 9.96. The average molecular weight is 203 g/mol. The van der Waals surface area contributed by atoms with E-state index < -0.39 is 0 Å². The molecule has 0 aliphatic rings. The smallest absolute Gasteiger partial charge is 0.0508 e. The van der Waals surface area contributed by atoms with Gasteiger partial charge in [0.2, 0.25) is 0 Å². The van der Waals surface area contributed by atoms with Crippen molar-refractivity contribution >= 4 is 0 Å². The first-order valence-electron chi connectivity index (χ1n) is 5.65. The largest absolute Gasteiger partial charge is 0.382 e. The van der Waals surface area contributed by atoms with Gasteiger partial charge >= 0.3 is 0 Å². The van der Waals surface area contributed by atoms with Gasteiger partial charge in [-0.2, -0.15) is 0 Å². The van der Waals surface area contributed by atoms with Gasteiger partial charge in [0.1, 0.15) is 0 Å². The summed E-state index contributed by atoms with van der Waals surface area (Å²) in [5.74, 6) is 0.489. The van der Waals surface area contributed by atoms with Crippen LogP contribution in [0.2, 0.25) is 0 Å². The zero-order valence-electron chi connectivity index (χ0n) is 9.96. The molecule has 1 N–H and O–H groups in total. The Balaban J connectivity index is 2.69. The molecule has 0 spiro atoms. The summed E-state index contributed by atoms with van der Waals surface area (Å²) < 4.78 is 0. The molecule has 0 fully saturated rings. The second-order valence-electron chi connectivity index (χ2n) is 4.20. The topological polar surface area (TPSA) is 12.0 Å². The average Bonchev–Trinajstić information content (AvgIpc) is 2.26. The zero-order chi connectivity index (χ0) is 11.3. The summed E-state index contributed by atoms with van der Waals surface area (Å²) in [5, 5.41) is 3.49. The second-order valence-corrected chi connectivity index (χ2v) is 4.20. The molecule has 1 aromatic rings. The molecule has 1 rings (SSSR count). The quantitative estimate of drug-likeness (QED) is 0.765. The maximum Gasteiger partial charge on any atom is 0.0508 e. The van der Waals surface area contributed by atoms with Crippen molar-refractivity contribution in [1.82, 2.24) is 5.32 Å². The summed E-state index contributed by atoms with van der Waals surface area (Å²) in [4.78, 5) is 0. The van der Waals surface area contributed by atoms with Crippen LogP contribution in [-0.4, -0.2) is 0 Å². The van der Waals surface area contributed by atoms with E-state index in [9.17, 15) is 0 Å². The molecule has 0 radical (unpaired) electrons. The Labute approximate surface area is 93.2 Å². The van der Waals surface area contributed by atoms with E-state index in [0.29, 0.717) is 12.0 Å². The van der Waals surface area contributed by atoms with Crippen LogP contribution in [0.25, 0.3) is 0 Å². The fourth-order valence-electron chi connectivity index (χ4n) is 1.50. The fraction of sp³-hybridized carbons (Fsp3) is 0.429. The van der Waals surface area contributed by atoms with Crippen molar-refractivity contribution in [2.45, 2.75) is 33.2 Å². The highest BCUT2D eigenvalue weighted by Crippen LogP contribution is 2.18. The third kappa shape index (κ3) is 3.43. The summed E-state index contributed by atoms with van der Waals surface area (Å²) in [6.07, 6.45) is 1.08. The molecule has 1 heteroatoms. The van der Waals surface area contributed by atoms with Crippen LogP contribution < -0.4 is 5.32 Å². The van der Waals surface area contributed by atoms with Crippen LogP contribution in [0, 0.1) is 5.92 Å². The first-order chi connectivity index (χ1) is 7.15. The van der Waals surface area contributed by atoms with Gasteiger partial charge in [0.25, 0.3) is 0 Å². The Bertz CT molecular complexity index is 300. The molecule has 0 saturated heterocycles. The number of hydrogen-bond donors (Lipinski definition) is 1. The van der Waals surface area contributed by atoms with Gasteiger partial charge < -0.3 is 5.32 Å². The van der Waals surface area contributed by atoms with Crippen molar-refractivity contribution < 1.29 is 0 Å². The van der Waals surface area contributed by atoms with E-state index in [1.54, 1.807) is 0 Å². The highest BCUT2D eigenvalue weighted by molar-refractivity contribution is 5.20. The van der Waals surface area contributed by atoms with Crippen molar-refractivity contribution in [1.29, 1.82) is 0 Å². The third-order valence-electron chi connectivity index (χ3n) is 2.67. The lowest BCUT2D eigenvalue weighted by Gasteiger charge is -2.22. The van der Waals surface area contributed by atoms with Gasteiger partial charge in [-0.15, -0.1) is 0 Å². The lowest BCUT2D eigenvalue weighted by atomic mass is 10.0. The van der Waals surface area contributed by atoms with Gasteiger partial charge in [0.15, 0.2) is 0 Å². The van der Waals surface area contributed by atoms with Gasteiger partial charge in [0, 0.05) is 5.70 Å². The van der Waals surface area contributed by atoms with Crippen LogP contribution >= 0.6 is 0 Å². The molecule has 0 aliphatic carbocycles. The fourth-order valence-corrected chi connectivity index (χ4v) is 1.50. The molecule has 1 aromatic carbocycles. The van der Waals surface area contributed by atoms with E-state index in [0.717, 1.165) is 12.1 Å². The normalized spacial score (nSPS) is 12.5. The Morgan fingerprint density at radius 1 is 1.27 bits per heavy atom. The first-order valence-corrected chi connectivity index (χ1v) is 5.65. The number of hydrogen-bond acceptors (Lipinski definition) is 1. The molecule has 0 bridgehead atoms. The summed E-state index contributed by atoms with van der Waals surface area (Å²) in [6, 6.07) is 10.9. The maximum absolute atomic E-state index is 4.06. The van der Waals surface area contributed by atoms with Crippen LogP contribution in [-0.2, 0) is 0 Å². The molecule has 0 heterocycles. The van der Waals surface area contributed by atoms with Crippen molar-refractivity contribution in [2.75, 3.05) is 0 Å². The summed E-state index contributed by atoms with van der Waals surface area (Å²) >= 11 is 0. The van der Waals surface area contributed by atoms with Crippen LogP contribution in [0.1, 0.15) is 38.8 Å². The predicted molar refractivity (Wildman–Crippen MR) is 66.6 cm³/mol. The van der Waals surface area contributed by atoms with Crippen LogP contribution in [0.15, 0.2) is 42.6 Å². The minimum Gasteiger partial charge on any atom is -0.382 e.